The summed E-state index contributed by atoms with van der Waals surface area (Å²) >= 11 is -2.10. The maximum absolute atomic E-state index is 10.5. The van der Waals surface area contributed by atoms with E-state index in [4.69, 9.17) is 0 Å². The number of benzene rings is 1. The summed E-state index contributed by atoms with van der Waals surface area (Å²) in [6.07, 6.45) is 0. The van der Waals surface area contributed by atoms with E-state index in [9.17, 15) is 8.76 Å². The van der Waals surface area contributed by atoms with Gasteiger partial charge in [-0.05, 0) is 36.6 Å². The summed E-state index contributed by atoms with van der Waals surface area (Å²) in [6.45, 7) is 3.72. The van der Waals surface area contributed by atoms with Crippen LogP contribution in [-0.4, -0.2) is 8.76 Å². The topological polar surface area (TPSA) is 40.1 Å². The van der Waals surface area contributed by atoms with Crippen LogP contribution in [-0.2, 0) is 11.1 Å². The van der Waals surface area contributed by atoms with Crippen molar-refractivity contribution in [1.29, 1.82) is 0 Å². The van der Waals surface area contributed by atoms with Crippen molar-refractivity contribution in [2.75, 3.05) is 0 Å². The summed E-state index contributed by atoms with van der Waals surface area (Å²) < 4.78 is 21.1. The second-order valence-electron chi connectivity index (χ2n) is 2.50. The summed E-state index contributed by atoms with van der Waals surface area (Å²) in [5.74, 6) is 0. The Kier molecular flexibility index (Phi) is 2.42. The van der Waals surface area contributed by atoms with Crippen LogP contribution in [0.25, 0.3) is 0 Å². The van der Waals surface area contributed by atoms with Crippen molar-refractivity contribution in [3.05, 3.63) is 29.3 Å². The molecule has 0 fully saturated rings. The van der Waals surface area contributed by atoms with Gasteiger partial charge in [0.2, 0.25) is 0 Å². The third-order valence-electron chi connectivity index (χ3n) is 1.51. The van der Waals surface area contributed by atoms with E-state index in [0.29, 0.717) is 4.90 Å². The maximum atomic E-state index is 10.5. The molecular formula is C8H9O2S-. The van der Waals surface area contributed by atoms with E-state index in [0.717, 1.165) is 11.1 Å². The monoisotopic (exact) mass is 169 g/mol. The molecule has 0 radical (unpaired) electrons. The summed E-state index contributed by atoms with van der Waals surface area (Å²) in [5.41, 5.74) is 1.88. The standard InChI is InChI=1S/C8H10O2S/c1-6-3-4-8(11(9)10)7(2)5-6/h3-5H,1-2H3,(H,9,10)/p-1. The Balaban J connectivity index is 3.20. The highest BCUT2D eigenvalue weighted by Crippen LogP contribution is 2.12. The number of hydrogen-bond acceptors (Lipinski definition) is 2. The number of aryl methyl sites for hydroxylation is 2. The van der Waals surface area contributed by atoms with Gasteiger partial charge in [-0.25, -0.2) is 0 Å². The van der Waals surface area contributed by atoms with Crippen molar-refractivity contribution in [1.82, 2.24) is 0 Å². The third kappa shape index (κ3) is 1.88. The number of rotatable bonds is 1. The van der Waals surface area contributed by atoms with Crippen LogP contribution in [0.15, 0.2) is 23.1 Å². The smallest absolute Gasteiger partial charge is 0.0278 e. The van der Waals surface area contributed by atoms with Gasteiger partial charge in [0, 0.05) is 4.90 Å². The minimum atomic E-state index is -2.10. The molecule has 1 unspecified atom stereocenters. The van der Waals surface area contributed by atoms with Crippen molar-refractivity contribution in [2.45, 2.75) is 18.7 Å². The van der Waals surface area contributed by atoms with Gasteiger partial charge in [0.25, 0.3) is 0 Å². The molecule has 0 aliphatic rings. The van der Waals surface area contributed by atoms with E-state index >= 15 is 0 Å². The van der Waals surface area contributed by atoms with Gasteiger partial charge >= 0.3 is 0 Å². The van der Waals surface area contributed by atoms with Gasteiger partial charge in [-0.1, -0.05) is 17.7 Å². The summed E-state index contributed by atoms with van der Waals surface area (Å²) in [5, 5.41) is 0. The van der Waals surface area contributed by atoms with Gasteiger partial charge in [-0.3, -0.25) is 4.21 Å². The molecule has 1 atom stereocenters. The van der Waals surface area contributed by atoms with E-state index < -0.39 is 11.1 Å². The molecule has 0 N–H and O–H groups in total. The predicted octanol–water partition coefficient (Wildman–Crippen LogP) is 1.54. The van der Waals surface area contributed by atoms with Gasteiger partial charge < -0.3 is 4.55 Å². The third-order valence-corrected chi connectivity index (χ3v) is 2.33. The first kappa shape index (κ1) is 8.43. The van der Waals surface area contributed by atoms with Crippen LogP contribution in [0.4, 0.5) is 0 Å². The first-order chi connectivity index (χ1) is 5.11. The Morgan fingerprint density at radius 1 is 1.36 bits per heavy atom. The maximum Gasteiger partial charge on any atom is 0.0278 e. The van der Waals surface area contributed by atoms with Crippen LogP contribution in [0.5, 0.6) is 0 Å². The van der Waals surface area contributed by atoms with Gasteiger partial charge in [0.15, 0.2) is 0 Å². The predicted molar refractivity (Wildman–Crippen MR) is 43.1 cm³/mol. The second-order valence-corrected chi connectivity index (χ2v) is 3.41. The molecule has 0 aliphatic carbocycles. The zero-order chi connectivity index (χ0) is 8.43. The molecule has 0 saturated heterocycles. The molecule has 0 aromatic heterocycles. The summed E-state index contributed by atoms with van der Waals surface area (Å²) in [6, 6.07) is 5.26. The van der Waals surface area contributed by atoms with Crippen molar-refractivity contribution in [2.24, 2.45) is 0 Å². The van der Waals surface area contributed by atoms with Crippen LogP contribution < -0.4 is 0 Å². The Morgan fingerprint density at radius 3 is 2.45 bits per heavy atom. The van der Waals surface area contributed by atoms with Gasteiger partial charge in [0.05, 0.1) is 0 Å². The highest BCUT2D eigenvalue weighted by molar-refractivity contribution is 7.79. The molecule has 1 aromatic carbocycles. The fourth-order valence-electron chi connectivity index (χ4n) is 0.986. The highest BCUT2D eigenvalue weighted by atomic mass is 32.2. The van der Waals surface area contributed by atoms with Gasteiger partial charge in [-0.15, -0.1) is 0 Å². The molecule has 0 spiro atoms. The zero-order valence-electron chi connectivity index (χ0n) is 6.46. The molecule has 3 heteroatoms. The van der Waals surface area contributed by atoms with E-state index in [1.54, 1.807) is 19.1 Å². The van der Waals surface area contributed by atoms with Crippen LogP contribution in [0.3, 0.4) is 0 Å². The van der Waals surface area contributed by atoms with E-state index in [2.05, 4.69) is 0 Å². The molecule has 0 bridgehead atoms. The second kappa shape index (κ2) is 3.15. The van der Waals surface area contributed by atoms with Crippen LogP contribution in [0.1, 0.15) is 11.1 Å². The quantitative estimate of drug-likeness (QED) is 0.598. The highest BCUT2D eigenvalue weighted by Gasteiger charge is 1.96. The Hall–Kier alpha value is -0.670. The number of hydrogen-bond donors (Lipinski definition) is 0. The lowest BCUT2D eigenvalue weighted by molar-refractivity contribution is 0.536. The molecule has 11 heavy (non-hydrogen) atoms. The molecule has 0 amide bonds. The van der Waals surface area contributed by atoms with Gasteiger partial charge in [-0.2, -0.15) is 0 Å². The molecule has 60 valence electrons. The van der Waals surface area contributed by atoms with Gasteiger partial charge in [0.1, 0.15) is 0 Å². The fourth-order valence-corrected chi connectivity index (χ4v) is 1.49. The lowest BCUT2D eigenvalue weighted by Gasteiger charge is -2.08. The van der Waals surface area contributed by atoms with Crippen molar-refractivity contribution < 1.29 is 8.76 Å². The van der Waals surface area contributed by atoms with Crippen molar-refractivity contribution in [3.63, 3.8) is 0 Å². The van der Waals surface area contributed by atoms with Crippen molar-refractivity contribution in [3.8, 4) is 0 Å². The molecule has 1 rings (SSSR count). The minimum Gasteiger partial charge on any atom is -0.768 e. The molecule has 0 saturated carbocycles. The molecule has 0 aliphatic heterocycles. The van der Waals surface area contributed by atoms with E-state index in [1.165, 1.54) is 0 Å². The first-order valence-corrected chi connectivity index (χ1v) is 4.35. The molecule has 0 heterocycles. The SMILES string of the molecule is Cc1ccc(S(=O)[O-])c(C)c1. The van der Waals surface area contributed by atoms with Crippen LogP contribution in [0.2, 0.25) is 0 Å². The zero-order valence-corrected chi connectivity index (χ0v) is 7.27. The van der Waals surface area contributed by atoms with Crippen LogP contribution in [0, 0.1) is 13.8 Å². The molecule has 1 aromatic rings. The average molecular weight is 169 g/mol. The summed E-state index contributed by atoms with van der Waals surface area (Å²) in [4.78, 5) is 0.385. The summed E-state index contributed by atoms with van der Waals surface area (Å²) in [7, 11) is 0. The normalized spacial score (nSPS) is 13.0. The Bertz CT molecular complexity index is 294. The molecular weight excluding hydrogens is 160 g/mol. The van der Waals surface area contributed by atoms with E-state index in [-0.39, 0.29) is 0 Å². The first-order valence-electron chi connectivity index (χ1n) is 3.28. The fraction of sp³-hybridized carbons (Fsp3) is 0.250. The minimum absolute atomic E-state index is 0.385. The Morgan fingerprint density at radius 2 is 2.00 bits per heavy atom. The average Bonchev–Trinajstić information content (AvgIpc) is 1.85. The van der Waals surface area contributed by atoms with Crippen LogP contribution >= 0.6 is 0 Å². The lowest BCUT2D eigenvalue weighted by Crippen LogP contribution is -1.92. The molecule has 2 nitrogen and oxygen atoms in total. The Labute approximate surface area is 68.5 Å². The van der Waals surface area contributed by atoms with E-state index in [1.807, 2.05) is 13.0 Å². The van der Waals surface area contributed by atoms with Crippen molar-refractivity contribution >= 4 is 11.1 Å². The lowest BCUT2D eigenvalue weighted by atomic mass is 10.2. The largest absolute Gasteiger partial charge is 0.768 e.